The second kappa shape index (κ2) is 9.80. The number of nitrogens with zero attached hydrogens (tertiary/aromatic N) is 2. The maximum absolute atomic E-state index is 12.8. The first kappa shape index (κ1) is 21.1. The van der Waals surface area contributed by atoms with E-state index in [0.29, 0.717) is 0 Å². The van der Waals surface area contributed by atoms with Crippen molar-refractivity contribution >= 4 is 11.6 Å². The Hall–Kier alpha value is -3.11. The van der Waals surface area contributed by atoms with Crippen molar-refractivity contribution in [1.82, 2.24) is 10.2 Å². The smallest absolute Gasteiger partial charge is 0.251 e. The summed E-state index contributed by atoms with van der Waals surface area (Å²) in [6.07, 6.45) is 0. The Morgan fingerprint density at radius 1 is 0.903 bits per heavy atom. The monoisotopic (exact) mass is 413 g/mol. The number of amides is 1. The van der Waals surface area contributed by atoms with Crippen LogP contribution in [0.3, 0.4) is 0 Å². The average Bonchev–Trinajstić information content (AvgIpc) is 2.81. The zero-order chi connectivity index (χ0) is 21.6. The molecule has 1 fully saturated rings. The van der Waals surface area contributed by atoms with Crippen LogP contribution in [0.2, 0.25) is 0 Å². The first-order valence-corrected chi connectivity index (χ1v) is 11.1. The predicted molar refractivity (Wildman–Crippen MR) is 127 cm³/mol. The molecule has 0 unspecified atom stereocenters. The molecule has 1 aliphatic rings. The highest BCUT2D eigenvalue weighted by atomic mass is 16.1. The molecule has 1 saturated heterocycles. The van der Waals surface area contributed by atoms with Crippen LogP contribution in [0.15, 0.2) is 78.9 Å². The van der Waals surface area contributed by atoms with Crippen molar-refractivity contribution in [3.8, 4) is 0 Å². The maximum atomic E-state index is 12.8. The number of carbonyl (C=O) groups excluding carboxylic acids is 1. The van der Waals surface area contributed by atoms with Gasteiger partial charge in [-0.2, -0.15) is 0 Å². The molecule has 0 spiro atoms. The van der Waals surface area contributed by atoms with E-state index in [0.717, 1.165) is 43.9 Å². The Morgan fingerprint density at radius 3 is 2.32 bits per heavy atom. The molecule has 0 aliphatic carbocycles. The van der Waals surface area contributed by atoms with Crippen molar-refractivity contribution in [2.45, 2.75) is 26.4 Å². The molecule has 3 aromatic rings. The third-order valence-corrected chi connectivity index (χ3v) is 6.01. The summed E-state index contributed by atoms with van der Waals surface area (Å²) in [5.74, 6) is -0.0256. The summed E-state index contributed by atoms with van der Waals surface area (Å²) in [6, 6.07) is 26.8. The summed E-state index contributed by atoms with van der Waals surface area (Å²) in [6.45, 7) is 9.11. The van der Waals surface area contributed by atoms with Crippen LogP contribution in [0.4, 0.5) is 5.69 Å². The van der Waals surface area contributed by atoms with Crippen LogP contribution in [-0.4, -0.2) is 37.0 Å². The molecule has 31 heavy (non-hydrogen) atoms. The van der Waals surface area contributed by atoms with Gasteiger partial charge in [-0.05, 0) is 49.2 Å². The number of rotatable bonds is 6. The first-order valence-electron chi connectivity index (χ1n) is 11.1. The summed E-state index contributed by atoms with van der Waals surface area (Å²) in [5, 5.41) is 3.11. The van der Waals surface area contributed by atoms with Crippen LogP contribution in [0.5, 0.6) is 0 Å². The van der Waals surface area contributed by atoms with Gasteiger partial charge >= 0.3 is 0 Å². The van der Waals surface area contributed by atoms with Gasteiger partial charge in [0, 0.05) is 44.0 Å². The second-order valence-corrected chi connectivity index (χ2v) is 8.40. The lowest BCUT2D eigenvalue weighted by Crippen LogP contribution is -2.46. The standard InChI is InChI=1S/C27H31N3O/c1-21-11-13-26(14-12-21)30-17-15-29(16-18-30)20-23-7-6-10-25(19-23)27(31)28-22(2)24-8-4-3-5-9-24/h3-14,19,22H,15-18,20H2,1-2H3,(H,28,31)/t22-/m1/s1. The third kappa shape index (κ3) is 5.53. The Morgan fingerprint density at radius 2 is 1.61 bits per heavy atom. The van der Waals surface area contributed by atoms with Gasteiger partial charge < -0.3 is 10.2 Å². The number of anilines is 1. The molecule has 1 atom stereocenters. The number of hydrogen-bond acceptors (Lipinski definition) is 3. The molecule has 3 aromatic carbocycles. The SMILES string of the molecule is Cc1ccc(N2CCN(Cc3cccc(C(=O)N[C@H](C)c4ccccc4)c3)CC2)cc1. The quantitative estimate of drug-likeness (QED) is 0.630. The Labute approximate surface area is 185 Å². The van der Waals surface area contributed by atoms with E-state index in [9.17, 15) is 4.79 Å². The molecule has 0 bridgehead atoms. The average molecular weight is 414 g/mol. The molecule has 0 aromatic heterocycles. The summed E-state index contributed by atoms with van der Waals surface area (Å²) in [4.78, 5) is 17.7. The van der Waals surface area contributed by atoms with E-state index in [4.69, 9.17) is 0 Å². The lowest BCUT2D eigenvalue weighted by Gasteiger charge is -2.36. The summed E-state index contributed by atoms with van der Waals surface area (Å²) in [5.41, 5.74) is 5.61. The number of carbonyl (C=O) groups is 1. The van der Waals surface area contributed by atoms with Crippen molar-refractivity contribution < 1.29 is 4.79 Å². The van der Waals surface area contributed by atoms with Crippen LogP contribution in [0, 0.1) is 6.92 Å². The van der Waals surface area contributed by atoms with Crippen molar-refractivity contribution in [3.05, 3.63) is 101 Å². The van der Waals surface area contributed by atoms with Gasteiger partial charge in [0.1, 0.15) is 0 Å². The molecule has 1 aliphatic heterocycles. The van der Waals surface area contributed by atoms with Gasteiger partial charge in [0.15, 0.2) is 0 Å². The van der Waals surface area contributed by atoms with E-state index >= 15 is 0 Å². The molecule has 4 nitrogen and oxygen atoms in total. The number of aryl methyl sites for hydroxylation is 1. The first-order chi connectivity index (χ1) is 15.1. The summed E-state index contributed by atoms with van der Waals surface area (Å²) >= 11 is 0. The number of piperazine rings is 1. The van der Waals surface area contributed by atoms with E-state index in [1.165, 1.54) is 16.8 Å². The largest absolute Gasteiger partial charge is 0.369 e. The highest BCUT2D eigenvalue weighted by Crippen LogP contribution is 2.19. The molecule has 0 saturated carbocycles. The minimum atomic E-state index is -0.0256. The van der Waals surface area contributed by atoms with Gasteiger partial charge in [0.05, 0.1) is 6.04 Å². The minimum absolute atomic E-state index is 0.0211. The fourth-order valence-electron chi connectivity index (χ4n) is 4.09. The highest BCUT2D eigenvalue weighted by Gasteiger charge is 2.18. The molecule has 1 N–H and O–H groups in total. The lowest BCUT2D eigenvalue weighted by atomic mass is 10.1. The van der Waals surface area contributed by atoms with Gasteiger partial charge in [-0.15, -0.1) is 0 Å². The fraction of sp³-hybridized carbons (Fsp3) is 0.296. The lowest BCUT2D eigenvalue weighted by molar-refractivity contribution is 0.0939. The van der Waals surface area contributed by atoms with E-state index in [-0.39, 0.29) is 11.9 Å². The van der Waals surface area contributed by atoms with Gasteiger partial charge in [-0.3, -0.25) is 9.69 Å². The summed E-state index contributed by atoms with van der Waals surface area (Å²) in [7, 11) is 0. The molecule has 160 valence electrons. The van der Waals surface area contributed by atoms with E-state index in [1.54, 1.807) is 0 Å². The number of benzene rings is 3. The Bertz CT molecular complexity index is 993. The highest BCUT2D eigenvalue weighted by molar-refractivity contribution is 5.94. The zero-order valence-corrected chi connectivity index (χ0v) is 18.4. The van der Waals surface area contributed by atoms with E-state index in [2.05, 4.69) is 52.4 Å². The van der Waals surface area contributed by atoms with Crippen molar-refractivity contribution in [2.75, 3.05) is 31.1 Å². The molecule has 4 heteroatoms. The van der Waals surface area contributed by atoms with Crippen LogP contribution in [0.25, 0.3) is 0 Å². The topological polar surface area (TPSA) is 35.6 Å². The molecular weight excluding hydrogens is 382 g/mol. The third-order valence-electron chi connectivity index (χ3n) is 6.01. The molecule has 0 radical (unpaired) electrons. The molecule has 1 amide bonds. The second-order valence-electron chi connectivity index (χ2n) is 8.40. The van der Waals surface area contributed by atoms with Gasteiger partial charge in [0.25, 0.3) is 5.91 Å². The van der Waals surface area contributed by atoms with Gasteiger partial charge in [0.2, 0.25) is 0 Å². The van der Waals surface area contributed by atoms with Gasteiger partial charge in [-0.25, -0.2) is 0 Å². The van der Waals surface area contributed by atoms with Crippen LogP contribution >= 0.6 is 0 Å². The van der Waals surface area contributed by atoms with Crippen molar-refractivity contribution in [3.63, 3.8) is 0 Å². The molecular formula is C27H31N3O. The van der Waals surface area contributed by atoms with E-state index in [1.807, 2.05) is 55.5 Å². The predicted octanol–water partition coefficient (Wildman–Crippen LogP) is 4.81. The Balaban J connectivity index is 1.32. The summed E-state index contributed by atoms with van der Waals surface area (Å²) < 4.78 is 0. The van der Waals surface area contributed by atoms with Crippen molar-refractivity contribution in [2.24, 2.45) is 0 Å². The van der Waals surface area contributed by atoms with Crippen LogP contribution in [-0.2, 0) is 6.54 Å². The molecule has 4 rings (SSSR count). The number of hydrogen-bond donors (Lipinski definition) is 1. The number of nitrogens with one attached hydrogen (secondary N) is 1. The maximum Gasteiger partial charge on any atom is 0.251 e. The van der Waals surface area contributed by atoms with Crippen LogP contribution in [0.1, 0.15) is 40.0 Å². The van der Waals surface area contributed by atoms with Crippen LogP contribution < -0.4 is 10.2 Å². The van der Waals surface area contributed by atoms with Crippen molar-refractivity contribution in [1.29, 1.82) is 0 Å². The Kier molecular flexibility index (Phi) is 6.68. The van der Waals surface area contributed by atoms with E-state index < -0.39 is 0 Å². The minimum Gasteiger partial charge on any atom is -0.369 e. The normalized spacial score (nSPS) is 15.5. The zero-order valence-electron chi connectivity index (χ0n) is 18.4. The van der Waals surface area contributed by atoms with Gasteiger partial charge in [-0.1, -0.05) is 60.2 Å². The fourth-order valence-corrected chi connectivity index (χ4v) is 4.09. The molecule has 1 heterocycles.